The molecule has 3 N–H and O–H groups in total. The zero-order valence-corrected chi connectivity index (χ0v) is 30.0. The molecule has 51 heavy (non-hydrogen) atoms. The molecule has 1 aromatic heterocycles. The number of anilines is 2. The fraction of sp³-hybridized carbons (Fsp3) is 0.150. The van der Waals surface area contributed by atoms with Crippen LogP contribution in [0.2, 0.25) is 5.02 Å². The van der Waals surface area contributed by atoms with Gasteiger partial charge in [0.15, 0.2) is 0 Å². The monoisotopic (exact) mass is 735 g/mol. The summed E-state index contributed by atoms with van der Waals surface area (Å²) in [6.45, 7) is 0. The van der Waals surface area contributed by atoms with E-state index >= 15 is 0 Å². The number of methoxy groups -OCH3 is 1. The van der Waals surface area contributed by atoms with Gasteiger partial charge in [0.25, 0.3) is 11.8 Å². The normalized spacial score (nSPS) is 13.8. The zero-order valence-electron chi connectivity index (χ0n) is 27.6. The van der Waals surface area contributed by atoms with Crippen LogP contribution in [0.15, 0.2) is 120 Å². The second kappa shape index (κ2) is 16.7. The fourth-order valence-corrected chi connectivity index (χ4v) is 8.14. The SMILES string of the molecule is COC(=O)c1c(NC(=O)CSc2cccc(NC(=O)/C(=C\c3ccccc3Cl)NC(=O)c3ccccc3)c2)sc2c1CCC(c1ccccc1)C2. The standard InChI is InChI=1S/C40H34ClN3O5S2/c1-49-40(48)36-31-20-19-27(25-11-4-2-5-12-25)22-34(31)51-39(36)44-35(45)24-50-30-17-10-16-29(23-30)42-38(47)33(21-28-15-8-9-18-32(28)41)43-37(46)26-13-6-3-7-14-26/h2-18,21,23,27H,19-20,22,24H2,1H3,(H,42,47)(H,43,46)(H,44,45)/b33-21+. The van der Waals surface area contributed by atoms with Gasteiger partial charge in [0.2, 0.25) is 5.91 Å². The van der Waals surface area contributed by atoms with Crippen LogP contribution >= 0.6 is 34.7 Å². The van der Waals surface area contributed by atoms with Gasteiger partial charge in [-0.15, -0.1) is 23.1 Å². The first-order chi connectivity index (χ1) is 24.8. The summed E-state index contributed by atoms with van der Waals surface area (Å²) in [5.74, 6) is -1.32. The van der Waals surface area contributed by atoms with E-state index in [0.717, 1.165) is 34.6 Å². The predicted molar refractivity (Wildman–Crippen MR) is 205 cm³/mol. The summed E-state index contributed by atoms with van der Waals surface area (Å²) < 4.78 is 5.11. The largest absolute Gasteiger partial charge is 0.465 e. The number of esters is 1. The van der Waals surface area contributed by atoms with Crippen molar-refractivity contribution >= 4 is 75.2 Å². The molecule has 0 radical (unpaired) electrons. The number of halogens is 1. The smallest absolute Gasteiger partial charge is 0.341 e. The molecule has 0 saturated carbocycles. The summed E-state index contributed by atoms with van der Waals surface area (Å²) >= 11 is 9.08. The summed E-state index contributed by atoms with van der Waals surface area (Å²) in [6.07, 6.45) is 3.95. The van der Waals surface area contributed by atoms with Crippen LogP contribution in [0.3, 0.4) is 0 Å². The van der Waals surface area contributed by atoms with Crippen LogP contribution in [0.1, 0.15) is 54.6 Å². The maximum Gasteiger partial charge on any atom is 0.341 e. The molecule has 8 nitrogen and oxygen atoms in total. The van der Waals surface area contributed by atoms with Crippen molar-refractivity contribution in [3.63, 3.8) is 0 Å². The maximum absolute atomic E-state index is 13.5. The zero-order chi connectivity index (χ0) is 35.7. The number of ether oxygens (including phenoxy) is 1. The molecule has 1 unspecified atom stereocenters. The van der Waals surface area contributed by atoms with E-state index in [4.69, 9.17) is 16.3 Å². The number of carbonyl (C=O) groups excluding carboxylic acids is 4. The van der Waals surface area contributed by atoms with Gasteiger partial charge in [-0.05, 0) is 84.3 Å². The van der Waals surface area contributed by atoms with E-state index in [1.54, 1.807) is 72.8 Å². The third-order valence-electron chi connectivity index (χ3n) is 8.37. The van der Waals surface area contributed by atoms with Crippen molar-refractivity contribution in [2.75, 3.05) is 23.5 Å². The third-order valence-corrected chi connectivity index (χ3v) is 10.9. The van der Waals surface area contributed by atoms with E-state index in [-0.39, 0.29) is 17.4 Å². The molecule has 0 saturated heterocycles. The number of nitrogens with one attached hydrogen (secondary N) is 3. The lowest BCUT2D eigenvalue weighted by Gasteiger charge is -2.22. The van der Waals surface area contributed by atoms with Gasteiger partial charge in [-0.1, -0.05) is 84.4 Å². The number of fused-ring (bicyclic) bond motifs is 1. The molecule has 1 heterocycles. The van der Waals surface area contributed by atoms with Crippen LogP contribution in [0.5, 0.6) is 0 Å². The summed E-state index contributed by atoms with van der Waals surface area (Å²) in [6, 6.07) is 33.0. The number of carbonyl (C=O) groups is 4. The molecular weight excluding hydrogens is 702 g/mol. The Morgan fingerprint density at radius 2 is 1.63 bits per heavy atom. The molecule has 6 rings (SSSR count). The molecular formula is C40H34ClN3O5S2. The highest BCUT2D eigenvalue weighted by Crippen LogP contribution is 2.43. The Labute approximate surface area is 309 Å². The average molecular weight is 736 g/mol. The minimum atomic E-state index is -0.550. The minimum Gasteiger partial charge on any atom is -0.465 e. The van der Waals surface area contributed by atoms with Gasteiger partial charge in [-0.2, -0.15) is 0 Å². The molecule has 0 spiro atoms. The number of hydrogen-bond donors (Lipinski definition) is 3. The lowest BCUT2D eigenvalue weighted by atomic mass is 9.83. The van der Waals surface area contributed by atoms with Crippen molar-refractivity contribution in [2.45, 2.75) is 30.1 Å². The second-order valence-corrected chi connectivity index (χ2v) is 14.3. The minimum absolute atomic E-state index is 0.00420. The van der Waals surface area contributed by atoms with Gasteiger partial charge in [0.05, 0.1) is 18.4 Å². The number of amides is 3. The molecule has 0 fully saturated rings. The van der Waals surface area contributed by atoms with E-state index in [9.17, 15) is 19.2 Å². The average Bonchev–Trinajstić information content (AvgIpc) is 3.52. The Morgan fingerprint density at radius 1 is 0.902 bits per heavy atom. The number of rotatable bonds is 11. The lowest BCUT2D eigenvalue weighted by molar-refractivity contribution is -0.114. The molecule has 0 bridgehead atoms. The van der Waals surface area contributed by atoms with Crippen molar-refractivity contribution in [2.24, 2.45) is 0 Å². The molecule has 1 atom stereocenters. The van der Waals surface area contributed by atoms with Crippen molar-refractivity contribution in [1.82, 2.24) is 5.32 Å². The summed E-state index contributed by atoms with van der Waals surface area (Å²) in [5.41, 5.74) is 4.08. The molecule has 4 aromatic carbocycles. The van der Waals surface area contributed by atoms with Crippen LogP contribution < -0.4 is 16.0 Å². The molecule has 3 amide bonds. The Bertz CT molecular complexity index is 2100. The molecule has 258 valence electrons. The predicted octanol–water partition coefficient (Wildman–Crippen LogP) is 8.60. The Kier molecular flexibility index (Phi) is 11.7. The molecule has 5 aromatic rings. The Hall–Kier alpha value is -5.16. The Balaban J connectivity index is 1.13. The number of benzene rings is 4. The van der Waals surface area contributed by atoms with E-state index in [0.29, 0.717) is 38.3 Å². The quantitative estimate of drug-likeness (QED) is 0.0712. The van der Waals surface area contributed by atoms with E-state index in [1.165, 1.54) is 41.8 Å². The van der Waals surface area contributed by atoms with E-state index < -0.39 is 17.8 Å². The van der Waals surface area contributed by atoms with Crippen molar-refractivity contribution in [3.8, 4) is 0 Å². The summed E-state index contributed by atoms with van der Waals surface area (Å²) in [4.78, 5) is 54.4. The van der Waals surface area contributed by atoms with Gasteiger partial charge < -0.3 is 20.7 Å². The highest BCUT2D eigenvalue weighted by Gasteiger charge is 2.30. The van der Waals surface area contributed by atoms with Gasteiger partial charge in [-0.25, -0.2) is 4.79 Å². The first kappa shape index (κ1) is 35.7. The molecule has 1 aliphatic rings. The Morgan fingerprint density at radius 3 is 2.37 bits per heavy atom. The highest BCUT2D eigenvalue weighted by molar-refractivity contribution is 8.00. The first-order valence-corrected chi connectivity index (χ1v) is 18.4. The fourth-order valence-electron chi connectivity index (χ4n) is 5.87. The molecule has 11 heteroatoms. The van der Waals surface area contributed by atoms with Crippen LogP contribution in [0, 0.1) is 0 Å². The van der Waals surface area contributed by atoms with E-state index in [1.807, 2.05) is 24.3 Å². The number of thiophene rings is 1. The van der Waals surface area contributed by atoms with Crippen molar-refractivity contribution in [1.29, 1.82) is 0 Å². The highest BCUT2D eigenvalue weighted by atomic mass is 35.5. The number of thioether (sulfide) groups is 1. The summed E-state index contributed by atoms with van der Waals surface area (Å²) in [5, 5.41) is 9.44. The topological polar surface area (TPSA) is 114 Å². The summed E-state index contributed by atoms with van der Waals surface area (Å²) in [7, 11) is 1.35. The van der Waals surface area contributed by atoms with Crippen LogP contribution in [0.4, 0.5) is 10.7 Å². The van der Waals surface area contributed by atoms with Crippen molar-refractivity contribution < 1.29 is 23.9 Å². The van der Waals surface area contributed by atoms with Crippen LogP contribution in [0.25, 0.3) is 6.08 Å². The lowest BCUT2D eigenvalue weighted by Crippen LogP contribution is -2.30. The van der Waals surface area contributed by atoms with Gasteiger partial charge in [0.1, 0.15) is 10.7 Å². The van der Waals surface area contributed by atoms with Gasteiger partial charge in [-0.3, -0.25) is 14.4 Å². The third kappa shape index (κ3) is 8.96. The van der Waals surface area contributed by atoms with Gasteiger partial charge >= 0.3 is 5.97 Å². The van der Waals surface area contributed by atoms with Crippen LogP contribution in [-0.4, -0.2) is 36.6 Å². The van der Waals surface area contributed by atoms with Gasteiger partial charge in [0, 0.05) is 26.0 Å². The maximum atomic E-state index is 13.5. The first-order valence-electron chi connectivity index (χ1n) is 16.2. The number of hydrogen-bond acceptors (Lipinski definition) is 7. The molecule has 0 aliphatic heterocycles. The van der Waals surface area contributed by atoms with E-state index in [2.05, 4.69) is 28.1 Å². The molecule has 1 aliphatic carbocycles. The second-order valence-electron chi connectivity index (χ2n) is 11.8. The van der Waals surface area contributed by atoms with Crippen LogP contribution in [-0.2, 0) is 27.2 Å². The van der Waals surface area contributed by atoms with Crippen molar-refractivity contribution in [3.05, 3.63) is 153 Å².